The molecule has 1 atom stereocenters. The number of alkyl halides is 3. The molecule has 1 unspecified atom stereocenters. The fourth-order valence-corrected chi connectivity index (χ4v) is 2.77. The second-order valence-corrected chi connectivity index (χ2v) is 6.82. The Morgan fingerprint density at radius 2 is 1.62 bits per heavy atom. The molecule has 2 rings (SSSR count). The van der Waals surface area contributed by atoms with Gasteiger partial charge < -0.3 is 19.5 Å². The van der Waals surface area contributed by atoms with Crippen LogP contribution in [0.4, 0.5) is 18.9 Å². The highest BCUT2D eigenvalue weighted by atomic mass is 32.2. The number of hydrogen-bond acceptors (Lipinski definition) is 6. The summed E-state index contributed by atoms with van der Waals surface area (Å²) in [7, 11) is 2.93. The molecule has 0 radical (unpaired) electrons. The number of halogens is 3. The molecule has 1 N–H and O–H groups in total. The first-order valence-corrected chi connectivity index (χ1v) is 9.04. The number of benzene rings is 2. The van der Waals surface area contributed by atoms with E-state index in [2.05, 4.69) is 5.32 Å². The summed E-state index contributed by atoms with van der Waals surface area (Å²) in [5, 5.41) is 2.58. The molecule has 156 valence electrons. The minimum absolute atomic E-state index is 0.0299. The average Bonchev–Trinajstić information content (AvgIpc) is 2.67. The van der Waals surface area contributed by atoms with Gasteiger partial charge in [0.15, 0.2) is 17.6 Å². The van der Waals surface area contributed by atoms with Crippen LogP contribution < -0.4 is 14.8 Å². The Morgan fingerprint density at radius 1 is 1.00 bits per heavy atom. The molecule has 0 aliphatic carbocycles. The maximum atomic E-state index is 12.3. The summed E-state index contributed by atoms with van der Waals surface area (Å²) in [6, 6.07) is 9.45. The number of carbonyl (C=O) groups is 2. The summed E-state index contributed by atoms with van der Waals surface area (Å²) in [6.07, 6.45) is -1.14. The number of thioether (sulfide) groups is 1. The lowest BCUT2D eigenvalue weighted by Crippen LogP contribution is -2.30. The summed E-state index contributed by atoms with van der Waals surface area (Å²) < 4.78 is 52.4. The number of amides is 1. The molecule has 0 fully saturated rings. The van der Waals surface area contributed by atoms with Crippen molar-refractivity contribution in [1.29, 1.82) is 0 Å². The van der Waals surface area contributed by atoms with E-state index in [0.29, 0.717) is 17.2 Å². The Bertz CT molecular complexity index is 871. The van der Waals surface area contributed by atoms with Crippen molar-refractivity contribution >= 4 is 29.3 Å². The van der Waals surface area contributed by atoms with Crippen LogP contribution in [0.1, 0.15) is 17.3 Å². The van der Waals surface area contributed by atoms with Gasteiger partial charge in [-0.2, -0.15) is 13.2 Å². The largest absolute Gasteiger partial charge is 0.493 e. The maximum Gasteiger partial charge on any atom is 0.446 e. The van der Waals surface area contributed by atoms with Gasteiger partial charge in [-0.3, -0.25) is 4.79 Å². The van der Waals surface area contributed by atoms with Crippen molar-refractivity contribution in [3.05, 3.63) is 48.0 Å². The maximum absolute atomic E-state index is 12.3. The highest BCUT2D eigenvalue weighted by Crippen LogP contribution is 2.36. The van der Waals surface area contributed by atoms with Crippen molar-refractivity contribution in [2.75, 3.05) is 19.5 Å². The van der Waals surface area contributed by atoms with E-state index < -0.39 is 23.5 Å². The highest BCUT2D eigenvalue weighted by Gasteiger charge is 2.29. The molecule has 0 saturated carbocycles. The number of rotatable bonds is 7. The molecule has 6 nitrogen and oxygen atoms in total. The average molecular weight is 429 g/mol. The quantitative estimate of drug-likeness (QED) is 0.516. The van der Waals surface area contributed by atoms with Crippen molar-refractivity contribution < 1.29 is 37.0 Å². The second kappa shape index (κ2) is 9.55. The van der Waals surface area contributed by atoms with Crippen LogP contribution in [-0.2, 0) is 9.53 Å². The predicted octanol–water partition coefficient (Wildman–Crippen LogP) is 4.50. The summed E-state index contributed by atoms with van der Waals surface area (Å²) in [6.45, 7) is 1.38. The van der Waals surface area contributed by atoms with Gasteiger partial charge in [0, 0.05) is 16.6 Å². The molecule has 29 heavy (non-hydrogen) atoms. The van der Waals surface area contributed by atoms with Gasteiger partial charge in [0.05, 0.1) is 19.8 Å². The lowest BCUT2D eigenvalue weighted by Gasteiger charge is -2.15. The first kappa shape index (κ1) is 22.4. The first-order chi connectivity index (χ1) is 13.6. The smallest absolute Gasteiger partial charge is 0.446 e. The number of ether oxygens (including phenoxy) is 3. The number of carbonyl (C=O) groups excluding carboxylic acids is 2. The van der Waals surface area contributed by atoms with Crippen LogP contribution in [0.3, 0.4) is 0 Å². The van der Waals surface area contributed by atoms with Crippen LogP contribution >= 0.6 is 11.8 Å². The first-order valence-electron chi connectivity index (χ1n) is 8.22. The summed E-state index contributed by atoms with van der Waals surface area (Å²) >= 11 is -0.289. The minimum atomic E-state index is -4.42. The Morgan fingerprint density at radius 3 is 2.17 bits per heavy atom. The summed E-state index contributed by atoms with van der Waals surface area (Å²) in [5.41, 5.74) is -3.98. The third-order valence-electron chi connectivity index (χ3n) is 3.63. The second-order valence-electron chi connectivity index (χ2n) is 5.68. The molecule has 1 amide bonds. The van der Waals surface area contributed by atoms with Gasteiger partial charge in [0.2, 0.25) is 0 Å². The van der Waals surface area contributed by atoms with Crippen molar-refractivity contribution in [2.24, 2.45) is 0 Å². The third kappa shape index (κ3) is 6.60. The van der Waals surface area contributed by atoms with E-state index in [0.717, 1.165) is 12.1 Å². The van der Waals surface area contributed by atoms with E-state index in [4.69, 9.17) is 14.2 Å². The SMILES string of the molecule is COc1ccc(NC(=O)C(C)OC(=O)c2ccc(SC(F)(F)F)cc2)cc1OC. The van der Waals surface area contributed by atoms with Gasteiger partial charge in [-0.15, -0.1) is 0 Å². The zero-order valence-electron chi connectivity index (χ0n) is 15.7. The van der Waals surface area contributed by atoms with Gasteiger partial charge in [-0.1, -0.05) is 0 Å². The van der Waals surface area contributed by atoms with Gasteiger partial charge in [-0.05, 0) is 55.1 Å². The number of anilines is 1. The van der Waals surface area contributed by atoms with Gasteiger partial charge in [0.1, 0.15) is 0 Å². The lowest BCUT2D eigenvalue weighted by atomic mass is 10.2. The fraction of sp³-hybridized carbons (Fsp3) is 0.263. The van der Waals surface area contributed by atoms with E-state index in [1.165, 1.54) is 33.3 Å². The molecule has 0 bridgehead atoms. The van der Waals surface area contributed by atoms with Crippen LogP contribution in [0, 0.1) is 0 Å². The molecule has 0 heterocycles. The summed E-state index contributed by atoms with van der Waals surface area (Å²) in [5.74, 6) is -0.526. The fourth-order valence-electron chi connectivity index (χ4n) is 2.23. The van der Waals surface area contributed by atoms with Crippen LogP contribution in [0.5, 0.6) is 11.5 Å². The Kier molecular flexibility index (Phi) is 7.38. The van der Waals surface area contributed by atoms with Crippen LogP contribution in [0.15, 0.2) is 47.4 Å². The van der Waals surface area contributed by atoms with Crippen molar-refractivity contribution in [3.8, 4) is 11.5 Å². The van der Waals surface area contributed by atoms with Crippen molar-refractivity contribution in [1.82, 2.24) is 0 Å². The molecule has 2 aromatic carbocycles. The number of esters is 1. The number of nitrogens with one attached hydrogen (secondary N) is 1. The Hall–Kier alpha value is -2.88. The van der Waals surface area contributed by atoms with Gasteiger partial charge in [-0.25, -0.2) is 4.79 Å². The lowest BCUT2D eigenvalue weighted by molar-refractivity contribution is -0.123. The van der Waals surface area contributed by atoms with Crippen LogP contribution in [-0.4, -0.2) is 37.7 Å². The molecule has 0 aromatic heterocycles. The molecule has 0 aliphatic heterocycles. The monoisotopic (exact) mass is 429 g/mol. The van der Waals surface area contributed by atoms with E-state index >= 15 is 0 Å². The van der Waals surface area contributed by atoms with Crippen LogP contribution in [0.25, 0.3) is 0 Å². The number of hydrogen-bond donors (Lipinski definition) is 1. The van der Waals surface area contributed by atoms with E-state index in [1.807, 2.05) is 0 Å². The normalized spacial score (nSPS) is 12.1. The van der Waals surface area contributed by atoms with Gasteiger partial charge in [0.25, 0.3) is 5.91 Å². The molecular formula is C19H18F3NO5S. The molecule has 0 spiro atoms. The zero-order chi connectivity index (χ0) is 21.6. The van der Waals surface area contributed by atoms with Crippen molar-refractivity contribution in [2.45, 2.75) is 23.4 Å². The molecule has 0 aliphatic rings. The van der Waals surface area contributed by atoms with Crippen molar-refractivity contribution in [3.63, 3.8) is 0 Å². The van der Waals surface area contributed by atoms with E-state index in [-0.39, 0.29) is 22.2 Å². The Labute approximate surface area is 169 Å². The topological polar surface area (TPSA) is 73.9 Å². The molecule has 2 aromatic rings. The van der Waals surface area contributed by atoms with Gasteiger partial charge >= 0.3 is 11.5 Å². The minimum Gasteiger partial charge on any atom is -0.493 e. The zero-order valence-corrected chi connectivity index (χ0v) is 16.5. The Balaban J connectivity index is 1.97. The van der Waals surface area contributed by atoms with Crippen LogP contribution in [0.2, 0.25) is 0 Å². The molecule has 0 saturated heterocycles. The molecule has 10 heteroatoms. The third-order valence-corrected chi connectivity index (χ3v) is 4.37. The highest BCUT2D eigenvalue weighted by molar-refractivity contribution is 8.00. The molecular weight excluding hydrogens is 411 g/mol. The summed E-state index contributed by atoms with van der Waals surface area (Å²) in [4.78, 5) is 24.3. The van der Waals surface area contributed by atoms with E-state index in [1.54, 1.807) is 18.2 Å². The van der Waals surface area contributed by atoms with E-state index in [9.17, 15) is 22.8 Å². The predicted molar refractivity (Wildman–Crippen MR) is 101 cm³/mol. The number of methoxy groups -OCH3 is 2. The standard InChI is InChI=1S/C19H18F3NO5S/c1-11(17(24)23-13-6-9-15(26-2)16(10-13)27-3)28-18(25)12-4-7-14(8-5-12)29-19(20,21)22/h4-11H,1-3H3,(H,23,24).